The van der Waals surface area contributed by atoms with Crippen LogP contribution in [0.3, 0.4) is 0 Å². The molecule has 11 aromatic rings. The Balaban J connectivity index is 1.19. The van der Waals surface area contributed by atoms with Crippen molar-refractivity contribution in [3.63, 3.8) is 0 Å². The SMILES string of the molecule is Cc1c2c(c(C)c(-c3ccccc3)c1-c1ccccc1)C(c1ccccc1-c1ccc(-c3ccccc3)cc1)=C1C(c3ccccc3)=C(c3ccccc3)C(c3ccccc3-c3ccc(-c4ccccc4)cc3)=C12. The van der Waals surface area contributed by atoms with Crippen LogP contribution < -0.4 is 0 Å². The molecule has 0 amide bonds. The standard InChI is InChI=1S/C74H52/c1-49-65(57-29-13-5-14-30-57)66(58-31-15-6-16-32-58)50(2)68-67(49)71(63-39-23-21-37-61(63)55-45-41-53(42-46-55)51-25-9-3-10-26-51)74-70(60-35-19-8-20-36-60)69(59-33-17-7-18-34-59)72(73(68)74)64-40-24-22-38-62(64)56-47-43-54(44-48-56)52-27-11-4-12-28-52/h3-48H,1-2H3. The van der Waals surface area contributed by atoms with Crippen LogP contribution in [0.2, 0.25) is 0 Å². The molecule has 0 fully saturated rings. The first-order valence-electron chi connectivity index (χ1n) is 25.8. The summed E-state index contributed by atoms with van der Waals surface area (Å²) in [5.74, 6) is 0. The maximum atomic E-state index is 2.39. The molecule has 0 aliphatic heterocycles. The van der Waals surface area contributed by atoms with Gasteiger partial charge in [-0.15, -0.1) is 0 Å². The highest BCUT2D eigenvalue weighted by molar-refractivity contribution is 6.40. The Bertz CT molecular complexity index is 3970. The molecule has 11 aromatic carbocycles. The molecule has 0 bridgehead atoms. The molecular formula is C74H52. The topological polar surface area (TPSA) is 0 Å². The predicted octanol–water partition coefficient (Wildman–Crippen LogP) is 19.7. The Morgan fingerprint density at radius 2 is 0.405 bits per heavy atom. The summed E-state index contributed by atoms with van der Waals surface area (Å²) in [5.41, 5.74) is 32.0. The van der Waals surface area contributed by atoms with Crippen LogP contribution in [0.5, 0.6) is 0 Å². The van der Waals surface area contributed by atoms with Gasteiger partial charge in [-0.25, -0.2) is 0 Å². The van der Waals surface area contributed by atoms with Crippen molar-refractivity contribution in [1.82, 2.24) is 0 Å². The Labute approximate surface area is 435 Å². The van der Waals surface area contributed by atoms with E-state index in [0.717, 1.165) is 0 Å². The average Bonchev–Trinajstić information content (AvgIpc) is 4.17. The number of benzene rings is 11. The minimum Gasteiger partial charge on any atom is -0.0622 e. The van der Waals surface area contributed by atoms with Gasteiger partial charge in [-0.1, -0.05) is 279 Å². The summed E-state index contributed by atoms with van der Waals surface area (Å²) in [4.78, 5) is 0. The molecule has 0 atom stereocenters. The zero-order valence-corrected chi connectivity index (χ0v) is 41.6. The normalized spacial score (nSPS) is 12.8. The van der Waals surface area contributed by atoms with E-state index in [4.69, 9.17) is 0 Å². The highest BCUT2D eigenvalue weighted by atomic mass is 14.5. The van der Waals surface area contributed by atoms with E-state index in [2.05, 4.69) is 293 Å². The molecule has 13 rings (SSSR count). The molecule has 0 saturated heterocycles. The molecule has 0 spiro atoms. The number of fused-ring (bicyclic) bond motifs is 3. The maximum absolute atomic E-state index is 2.39. The van der Waals surface area contributed by atoms with Crippen LogP contribution in [0.25, 0.3) is 94.6 Å². The highest BCUT2D eigenvalue weighted by Crippen LogP contribution is 2.65. The minimum atomic E-state index is 1.18. The van der Waals surface area contributed by atoms with Crippen LogP contribution in [0, 0.1) is 13.8 Å². The van der Waals surface area contributed by atoms with E-state index in [1.54, 1.807) is 0 Å². The molecule has 348 valence electrons. The fraction of sp³-hybridized carbons (Fsp3) is 0.0270. The van der Waals surface area contributed by atoms with Crippen molar-refractivity contribution in [3.05, 3.63) is 329 Å². The van der Waals surface area contributed by atoms with E-state index >= 15 is 0 Å². The Hall–Kier alpha value is -9.36. The number of hydrogen-bond acceptors (Lipinski definition) is 0. The largest absolute Gasteiger partial charge is 0.0622 e. The summed E-state index contributed by atoms with van der Waals surface area (Å²) in [6.07, 6.45) is 0. The van der Waals surface area contributed by atoms with Gasteiger partial charge in [0.05, 0.1) is 0 Å². The lowest BCUT2D eigenvalue weighted by Gasteiger charge is -2.25. The third-order valence-corrected chi connectivity index (χ3v) is 15.2. The van der Waals surface area contributed by atoms with Gasteiger partial charge in [-0.05, 0) is 159 Å². The van der Waals surface area contributed by atoms with Gasteiger partial charge in [0.15, 0.2) is 0 Å². The third-order valence-electron chi connectivity index (χ3n) is 15.2. The fourth-order valence-electron chi connectivity index (χ4n) is 12.0. The molecule has 0 nitrogen and oxygen atoms in total. The lowest BCUT2D eigenvalue weighted by molar-refractivity contribution is 1.34. The first kappa shape index (κ1) is 44.6. The second kappa shape index (κ2) is 19.0. The molecule has 0 heteroatoms. The zero-order chi connectivity index (χ0) is 49.5. The summed E-state index contributed by atoms with van der Waals surface area (Å²) in [6.45, 7) is 4.78. The molecule has 0 heterocycles. The molecule has 0 radical (unpaired) electrons. The van der Waals surface area contributed by atoms with E-state index in [9.17, 15) is 0 Å². The highest BCUT2D eigenvalue weighted by Gasteiger charge is 2.44. The Morgan fingerprint density at radius 3 is 0.784 bits per heavy atom. The van der Waals surface area contributed by atoms with Crippen molar-refractivity contribution in [2.75, 3.05) is 0 Å². The van der Waals surface area contributed by atoms with Crippen LogP contribution in [0.4, 0.5) is 0 Å². The molecular weight excluding hydrogens is 889 g/mol. The van der Waals surface area contributed by atoms with E-state index in [1.165, 1.54) is 145 Å². The second-order valence-corrected chi connectivity index (χ2v) is 19.4. The average molecular weight is 941 g/mol. The smallest absolute Gasteiger partial charge is 0.0000944 e. The van der Waals surface area contributed by atoms with Crippen LogP contribution in [0.15, 0.2) is 285 Å². The number of hydrogen-bond donors (Lipinski definition) is 0. The van der Waals surface area contributed by atoms with E-state index < -0.39 is 0 Å². The molecule has 0 unspecified atom stereocenters. The molecule has 2 aliphatic carbocycles. The Kier molecular flexibility index (Phi) is 11.4. The van der Waals surface area contributed by atoms with E-state index in [1.807, 2.05) is 0 Å². The van der Waals surface area contributed by atoms with Gasteiger partial charge in [-0.3, -0.25) is 0 Å². The second-order valence-electron chi connectivity index (χ2n) is 19.4. The molecule has 74 heavy (non-hydrogen) atoms. The monoisotopic (exact) mass is 940 g/mol. The van der Waals surface area contributed by atoms with Crippen molar-refractivity contribution in [1.29, 1.82) is 0 Å². The van der Waals surface area contributed by atoms with Crippen LogP contribution in [0.1, 0.15) is 44.5 Å². The summed E-state index contributed by atoms with van der Waals surface area (Å²) in [6, 6.07) is 103. The number of rotatable bonds is 10. The first-order chi connectivity index (χ1) is 36.6. The van der Waals surface area contributed by atoms with E-state index in [-0.39, 0.29) is 0 Å². The molecule has 0 saturated carbocycles. The molecule has 0 aromatic heterocycles. The summed E-state index contributed by atoms with van der Waals surface area (Å²) in [7, 11) is 0. The van der Waals surface area contributed by atoms with Crippen molar-refractivity contribution < 1.29 is 0 Å². The van der Waals surface area contributed by atoms with Crippen LogP contribution >= 0.6 is 0 Å². The molecule has 0 N–H and O–H groups in total. The van der Waals surface area contributed by atoms with Gasteiger partial charge in [-0.2, -0.15) is 0 Å². The lowest BCUT2D eigenvalue weighted by Crippen LogP contribution is -2.04. The van der Waals surface area contributed by atoms with Crippen molar-refractivity contribution >= 4 is 27.9 Å². The minimum absolute atomic E-state index is 1.18. The number of allylic oxidation sites excluding steroid dienone is 5. The fourth-order valence-corrected chi connectivity index (χ4v) is 12.0. The van der Waals surface area contributed by atoms with Gasteiger partial charge >= 0.3 is 0 Å². The van der Waals surface area contributed by atoms with Gasteiger partial charge in [0.2, 0.25) is 0 Å². The summed E-state index contributed by atoms with van der Waals surface area (Å²) < 4.78 is 0. The summed E-state index contributed by atoms with van der Waals surface area (Å²) >= 11 is 0. The first-order valence-corrected chi connectivity index (χ1v) is 25.8. The van der Waals surface area contributed by atoms with Gasteiger partial charge in [0.25, 0.3) is 0 Å². The maximum Gasteiger partial charge on any atom is -0.0000944 e. The zero-order valence-electron chi connectivity index (χ0n) is 41.6. The van der Waals surface area contributed by atoms with E-state index in [0.29, 0.717) is 0 Å². The Morgan fingerprint density at radius 1 is 0.149 bits per heavy atom. The third kappa shape index (κ3) is 7.63. The predicted molar refractivity (Wildman–Crippen MR) is 314 cm³/mol. The quantitative estimate of drug-likeness (QED) is 0.128. The van der Waals surface area contributed by atoms with Crippen molar-refractivity contribution in [2.45, 2.75) is 13.8 Å². The van der Waals surface area contributed by atoms with Crippen LogP contribution in [-0.4, -0.2) is 0 Å². The molecule has 2 aliphatic rings. The lowest BCUT2D eigenvalue weighted by atomic mass is 9.78. The van der Waals surface area contributed by atoms with Crippen molar-refractivity contribution in [3.8, 4) is 66.8 Å². The van der Waals surface area contributed by atoms with Gasteiger partial charge in [0.1, 0.15) is 0 Å². The van der Waals surface area contributed by atoms with Crippen LogP contribution in [-0.2, 0) is 0 Å². The summed E-state index contributed by atoms with van der Waals surface area (Å²) in [5, 5.41) is 0. The van der Waals surface area contributed by atoms with Gasteiger partial charge < -0.3 is 0 Å². The van der Waals surface area contributed by atoms with Gasteiger partial charge in [0, 0.05) is 0 Å². The van der Waals surface area contributed by atoms with Crippen molar-refractivity contribution in [2.24, 2.45) is 0 Å².